The highest BCUT2D eigenvalue weighted by Crippen LogP contribution is 2.31. The molecule has 1 saturated carbocycles. The minimum absolute atomic E-state index is 0.301. The van der Waals surface area contributed by atoms with E-state index in [4.69, 9.17) is 0 Å². The van der Waals surface area contributed by atoms with Crippen molar-refractivity contribution in [3.05, 3.63) is 42.0 Å². The Morgan fingerprint density at radius 2 is 1.81 bits per heavy atom. The number of rotatable bonds is 4. The first kappa shape index (κ1) is 14.6. The Morgan fingerprint density at radius 1 is 1.10 bits per heavy atom. The van der Waals surface area contributed by atoms with E-state index < -0.39 is 0 Å². The molecule has 110 valence electrons. The number of fused-ring (bicyclic) bond motifs is 1. The summed E-state index contributed by atoms with van der Waals surface area (Å²) in [6, 6.07) is 12.7. The second-order valence-electron chi connectivity index (χ2n) is 5.95. The SMILES string of the molecule is CSc1cccc2cccc(CC(=O)C3CCCCC3)c12. The molecule has 3 rings (SSSR count). The van der Waals surface area contributed by atoms with E-state index >= 15 is 0 Å². The van der Waals surface area contributed by atoms with Crippen LogP contribution in [0.5, 0.6) is 0 Å². The molecule has 0 bridgehead atoms. The van der Waals surface area contributed by atoms with Gasteiger partial charge in [0.2, 0.25) is 0 Å². The number of thioether (sulfide) groups is 1. The molecule has 0 heterocycles. The molecule has 2 aromatic rings. The molecule has 0 N–H and O–H groups in total. The maximum Gasteiger partial charge on any atom is 0.140 e. The van der Waals surface area contributed by atoms with Gasteiger partial charge in [-0.25, -0.2) is 0 Å². The first-order valence-electron chi connectivity index (χ1n) is 7.87. The van der Waals surface area contributed by atoms with Gasteiger partial charge in [-0.3, -0.25) is 4.79 Å². The fourth-order valence-electron chi connectivity index (χ4n) is 3.46. The molecule has 2 aromatic carbocycles. The number of benzene rings is 2. The highest BCUT2D eigenvalue weighted by atomic mass is 32.2. The number of ketones is 1. The molecule has 0 aromatic heterocycles. The third-order valence-corrected chi connectivity index (χ3v) is 5.38. The molecular weight excluding hydrogens is 276 g/mol. The van der Waals surface area contributed by atoms with E-state index in [2.05, 4.69) is 42.7 Å². The van der Waals surface area contributed by atoms with Crippen LogP contribution in [0.1, 0.15) is 37.7 Å². The van der Waals surface area contributed by atoms with Crippen molar-refractivity contribution in [1.82, 2.24) is 0 Å². The molecule has 1 aliphatic rings. The van der Waals surface area contributed by atoms with Crippen LogP contribution in [-0.2, 0) is 11.2 Å². The Morgan fingerprint density at radius 3 is 2.52 bits per heavy atom. The number of Topliss-reactive ketones (excluding diaryl/α,β-unsaturated/α-hetero) is 1. The molecule has 1 nitrogen and oxygen atoms in total. The predicted molar refractivity (Wildman–Crippen MR) is 91.0 cm³/mol. The highest BCUT2D eigenvalue weighted by molar-refractivity contribution is 7.98. The van der Waals surface area contributed by atoms with Crippen LogP contribution in [0.2, 0.25) is 0 Å². The summed E-state index contributed by atoms with van der Waals surface area (Å²) < 4.78 is 0. The van der Waals surface area contributed by atoms with Gasteiger partial charge in [-0.2, -0.15) is 0 Å². The molecule has 0 radical (unpaired) electrons. The van der Waals surface area contributed by atoms with E-state index in [9.17, 15) is 4.79 Å². The summed E-state index contributed by atoms with van der Waals surface area (Å²) in [7, 11) is 0. The number of hydrogen-bond donors (Lipinski definition) is 0. The maximum atomic E-state index is 12.6. The van der Waals surface area contributed by atoms with E-state index in [0.717, 1.165) is 12.8 Å². The van der Waals surface area contributed by atoms with Gasteiger partial charge in [-0.05, 0) is 41.5 Å². The van der Waals surface area contributed by atoms with Crippen LogP contribution in [0.25, 0.3) is 10.8 Å². The minimum atomic E-state index is 0.301. The first-order valence-corrected chi connectivity index (χ1v) is 9.09. The van der Waals surface area contributed by atoms with E-state index in [-0.39, 0.29) is 0 Å². The molecule has 0 atom stereocenters. The van der Waals surface area contributed by atoms with Crippen molar-refractivity contribution in [1.29, 1.82) is 0 Å². The maximum absolute atomic E-state index is 12.6. The zero-order chi connectivity index (χ0) is 14.7. The second-order valence-corrected chi connectivity index (χ2v) is 6.80. The van der Waals surface area contributed by atoms with Gasteiger partial charge in [0, 0.05) is 17.2 Å². The average Bonchev–Trinajstić information content (AvgIpc) is 2.55. The monoisotopic (exact) mass is 298 g/mol. The van der Waals surface area contributed by atoms with Crippen LogP contribution < -0.4 is 0 Å². The van der Waals surface area contributed by atoms with Crippen molar-refractivity contribution >= 4 is 28.3 Å². The summed E-state index contributed by atoms with van der Waals surface area (Å²) >= 11 is 1.76. The molecule has 2 heteroatoms. The lowest BCUT2D eigenvalue weighted by atomic mass is 9.84. The average molecular weight is 298 g/mol. The standard InChI is InChI=1S/C19H22OS/c1-21-18-12-6-10-15-9-5-11-16(19(15)18)13-17(20)14-7-3-2-4-8-14/h5-6,9-12,14H,2-4,7-8,13H2,1H3. The van der Waals surface area contributed by atoms with Crippen LogP contribution in [0.3, 0.4) is 0 Å². The Balaban J connectivity index is 1.91. The van der Waals surface area contributed by atoms with Gasteiger partial charge in [-0.1, -0.05) is 49.6 Å². The van der Waals surface area contributed by atoms with Crippen LogP contribution in [0, 0.1) is 5.92 Å². The van der Waals surface area contributed by atoms with E-state index in [0.29, 0.717) is 18.1 Å². The second kappa shape index (κ2) is 6.65. The topological polar surface area (TPSA) is 17.1 Å². The van der Waals surface area contributed by atoms with Gasteiger partial charge in [0.1, 0.15) is 5.78 Å². The molecule has 0 aliphatic heterocycles. The molecular formula is C19H22OS. The molecule has 0 amide bonds. The van der Waals surface area contributed by atoms with Crippen molar-refractivity contribution in [2.45, 2.75) is 43.4 Å². The zero-order valence-corrected chi connectivity index (χ0v) is 13.4. The van der Waals surface area contributed by atoms with Crippen molar-refractivity contribution in [3.63, 3.8) is 0 Å². The van der Waals surface area contributed by atoms with Gasteiger partial charge in [0.05, 0.1) is 0 Å². The number of carbonyl (C=O) groups is 1. The summed E-state index contributed by atoms with van der Waals surface area (Å²) in [6.07, 6.45) is 8.64. The summed E-state index contributed by atoms with van der Waals surface area (Å²) in [5, 5.41) is 2.52. The first-order chi connectivity index (χ1) is 10.3. The van der Waals surface area contributed by atoms with Crippen LogP contribution in [0.4, 0.5) is 0 Å². The lowest BCUT2D eigenvalue weighted by Gasteiger charge is -2.20. The Bertz CT molecular complexity index is 636. The molecule has 21 heavy (non-hydrogen) atoms. The van der Waals surface area contributed by atoms with E-state index in [1.165, 1.54) is 40.5 Å². The van der Waals surface area contributed by atoms with Gasteiger partial charge < -0.3 is 0 Å². The third-order valence-electron chi connectivity index (χ3n) is 4.60. The van der Waals surface area contributed by atoms with Crippen molar-refractivity contribution in [2.24, 2.45) is 5.92 Å². The normalized spacial score (nSPS) is 16.2. The van der Waals surface area contributed by atoms with Gasteiger partial charge >= 0.3 is 0 Å². The smallest absolute Gasteiger partial charge is 0.140 e. The lowest BCUT2D eigenvalue weighted by Crippen LogP contribution is -2.19. The van der Waals surface area contributed by atoms with Crippen LogP contribution >= 0.6 is 11.8 Å². The largest absolute Gasteiger partial charge is 0.299 e. The molecule has 0 spiro atoms. The quantitative estimate of drug-likeness (QED) is 0.717. The third kappa shape index (κ3) is 3.16. The van der Waals surface area contributed by atoms with Gasteiger partial charge in [-0.15, -0.1) is 11.8 Å². The fourth-order valence-corrected chi connectivity index (χ4v) is 4.12. The Hall–Kier alpha value is -1.28. The summed E-state index contributed by atoms with van der Waals surface area (Å²) in [6.45, 7) is 0. The minimum Gasteiger partial charge on any atom is -0.299 e. The molecule has 0 unspecified atom stereocenters. The summed E-state index contributed by atoms with van der Waals surface area (Å²) in [4.78, 5) is 13.9. The lowest BCUT2D eigenvalue weighted by molar-refractivity contribution is -0.123. The fraction of sp³-hybridized carbons (Fsp3) is 0.421. The van der Waals surface area contributed by atoms with Gasteiger partial charge in [0.15, 0.2) is 0 Å². The van der Waals surface area contributed by atoms with Crippen LogP contribution in [0.15, 0.2) is 41.3 Å². The van der Waals surface area contributed by atoms with Crippen molar-refractivity contribution in [2.75, 3.05) is 6.26 Å². The summed E-state index contributed by atoms with van der Waals surface area (Å²) in [5.74, 6) is 0.744. The predicted octanol–water partition coefficient (Wildman–Crippen LogP) is 5.25. The van der Waals surface area contributed by atoms with E-state index in [1.54, 1.807) is 11.8 Å². The van der Waals surface area contributed by atoms with Crippen LogP contribution in [-0.4, -0.2) is 12.0 Å². The zero-order valence-electron chi connectivity index (χ0n) is 12.6. The number of carbonyl (C=O) groups excluding carboxylic acids is 1. The Labute approximate surface area is 131 Å². The molecule has 1 aliphatic carbocycles. The van der Waals surface area contributed by atoms with Crippen molar-refractivity contribution in [3.8, 4) is 0 Å². The summed E-state index contributed by atoms with van der Waals surface area (Å²) in [5.41, 5.74) is 1.20. The van der Waals surface area contributed by atoms with Crippen molar-refractivity contribution < 1.29 is 4.79 Å². The number of hydrogen-bond acceptors (Lipinski definition) is 2. The molecule has 1 fully saturated rings. The van der Waals surface area contributed by atoms with E-state index in [1.807, 2.05) is 0 Å². The molecule has 0 saturated heterocycles. The highest BCUT2D eigenvalue weighted by Gasteiger charge is 2.21. The van der Waals surface area contributed by atoms with Gasteiger partial charge in [0.25, 0.3) is 0 Å². The Kier molecular flexibility index (Phi) is 4.64.